The first-order chi connectivity index (χ1) is 9.81. The third-order valence-corrected chi connectivity index (χ3v) is 4.79. The molecule has 112 valence electrons. The highest BCUT2D eigenvalue weighted by Gasteiger charge is 2.20. The van der Waals surface area contributed by atoms with E-state index >= 15 is 0 Å². The van der Waals surface area contributed by atoms with Gasteiger partial charge in [0.25, 0.3) is 0 Å². The summed E-state index contributed by atoms with van der Waals surface area (Å²) in [4.78, 5) is 0.109. The molecule has 0 radical (unpaired) electrons. The molecule has 0 aromatic heterocycles. The van der Waals surface area contributed by atoms with Gasteiger partial charge in [-0.05, 0) is 43.7 Å². The van der Waals surface area contributed by atoms with Crippen LogP contribution in [-0.4, -0.2) is 8.42 Å². The summed E-state index contributed by atoms with van der Waals surface area (Å²) in [5, 5.41) is 0. The van der Waals surface area contributed by atoms with Crippen LogP contribution < -0.4 is 10.5 Å². The minimum Gasteiger partial charge on any atom is -0.399 e. The standard InChI is InChI=1S/C15H17FN2O2S/c1-10-9-12(7-8-15(10)17)21(19,20)18-11(2)13-5-3-4-6-14(13)16/h3-9,11,18H,17H2,1-2H3. The Labute approximate surface area is 123 Å². The number of rotatable bonds is 4. The molecule has 0 fully saturated rings. The van der Waals surface area contributed by atoms with Crippen LogP contribution in [0.2, 0.25) is 0 Å². The van der Waals surface area contributed by atoms with Gasteiger partial charge in [-0.25, -0.2) is 17.5 Å². The molecule has 2 rings (SSSR count). The fourth-order valence-electron chi connectivity index (χ4n) is 2.01. The Kier molecular flexibility index (Phi) is 4.29. The van der Waals surface area contributed by atoms with Crippen LogP contribution in [0.5, 0.6) is 0 Å². The molecule has 1 atom stereocenters. The van der Waals surface area contributed by atoms with Crippen molar-refractivity contribution >= 4 is 15.7 Å². The van der Waals surface area contributed by atoms with Gasteiger partial charge in [-0.3, -0.25) is 0 Å². The zero-order valence-corrected chi connectivity index (χ0v) is 12.6. The van der Waals surface area contributed by atoms with Crippen LogP contribution in [-0.2, 0) is 10.0 Å². The molecule has 4 nitrogen and oxygen atoms in total. The number of aryl methyl sites for hydroxylation is 1. The topological polar surface area (TPSA) is 72.2 Å². The molecule has 1 unspecified atom stereocenters. The highest BCUT2D eigenvalue weighted by atomic mass is 32.2. The summed E-state index contributed by atoms with van der Waals surface area (Å²) in [5.41, 5.74) is 7.18. The zero-order chi connectivity index (χ0) is 15.6. The van der Waals surface area contributed by atoms with Gasteiger partial charge < -0.3 is 5.73 Å². The van der Waals surface area contributed by atoms with Crippen LogP contribution in [0.25, 0.3) is 0 Å². The summed E-state index contributed by atoms with van der Waals surface area (Å²) in [6, 6.07) is 9.86. The maximum Gasteiger partial charge on any atom is 0.241 e. The largest absolute Gasteiger partial charge is 0.399 e. The summed E-state index contributed by atoms with van der Waals surface area (Å²) < 4.78 is 40.8. The first kappa shape index (κ1) is 15.5. The van der Waals surface area contributed by atoms with E-state index in [-0.39, 0.29) is 4.90 Å². The Balaban J connectivity index is 2.29. The number of nitrogen functional groups attached to an aromatic ring is 1. The highest BCUT2D eigenvalue weighted by molar-refractivity contribution is 7.89. The first-order valence-electron chi connectivity index (χ1n) is 6.44. The Morgan fingerprint density at radius 3 is 2.48 bits per heavy atom. The number of hydrogen-bond donors (Lipinski definition) is 2. The van der Waals surface area contributed by atoms with Gasteiger partial charge in [-0.1, -0.05) is 18.2 Å². The molecule has 0 bridgehead atoms. The van der Waals surface area contributed by atoms with E-state index < -0.39 is 21.9 Å². The summed E-state index contributed by atoms with van der Waals surface area (Å²) in [6.07, 6.45) is 0. The number of anilines is 1. The Bertz CT molecular complexity index is 760. The fourth-order valence-corrected chi connectivity index (χ4v) is 3.31. The molecule has 3 N–H and O–H groups in total. The second-order valence-corrected chi connectivity index (χ2v) is 6.60. The van der Waals surface area contributed by atoms with Crippen LogP contribution in [0.1, 0.15) is 24.1 Å². The molecule has 0 heterocycles. The number of nitrogens with two attached hydrogens (primary N) is 1. The van der Waals surface area contributed by atoms with Gasteiger partial charge >= 0.3 is 0 Å². The highest BCUT2D eigenvalue weighted by Crippen LogP contribution is 2.21. The van der Waals surface area contributed by atoms with Crippen LogP contribution in [0.4, 0.5) is 10.1 Å². The number of hydrogen-bond acceptors (Lipinski definition) is 3. The lowest BCUT2D eigenvalue weighted by Crippen LogP contribution is -2.27. The minimum atomic E-state index is -3.74. The van der Waals surface area contributed by atoms with Crippen molar-refractivity contribution < 1.29 is 12.8 Å². The Morgan fingerprint density at radius 1 is 1.19 bits per heavy atom. The van der Waals surface area contributed by atoms with Gasteiger partial charge in [0.15, 0.2) is 0 Å². The van der Waals surface area contributed by atoms with E-state index in [0.717, 1.165) is 0 Å². The van der Waals surface area contributed by atoms with E-state index in [1.54, 1.807) is 32.0 Å². The molecule has 21 heavy (non-hydrogen) atoms. The second kappa shape index (κ2) is 5.83. The van der Waals surface area contributed by atoms with Crippen LogP contribution in [0.15, 0.2) is 47.4 Å². The second-order valence-electron chi connectivity index (χ2n) is 4.88. The van der Waals surface area contributed by atoms with Crippen LogP contribution >= 0.6 is 0 Å². The summed E-state index contributed by atoms with van der Waals surface area (Å²) in [5.74, 6) is -0.443. The van der Waals surface area contributed by atoms with Crippen molar-refractivity contribution in [3.63, 3.8) is 0 Å². The van der Waals surface area contributed by atoms with Crippen molar-refractivity contribution in [2.75, 3.05) is 5.73 Å². The smallest absolute Gasteiger partial charge is 0.241 e. The molecule has 0 saturated heterocycles. The van der Waals surface area contributed by atoms with Crippen molar-refractivity contribution in [3.8, 4) is 0 Å². The maximum absolute atomic E-state index is 13.7. The van der Waals surface area contributed by atoms with Crippen molar-refractivity contribution in [1.29, 1.82) is 0 Å². The average Bonchev–Trinajstić information content (AvgIpc) is 2.41. The van der Waals surface area contributed by atoms with Gasteiger partial charge in [0.05, 0.1) is 4.90 Å². The van der Waals surface area contributed by atoms with Gasteiger partial charge in [0, 0.05) is 17.3 Å². The molecule has 2 aromatic rings. The predicted molar refractivity (Wildman–Crippen MR) is 80.7 cm³/mol. The normalized spacial score (nSPS) is 13.1. The monoisotopic (exact) mass is 308 g/mol. The zero-order valence-electron chi connectivity index (χ0n) is 11.8. The molecule has 0 aliphatic rings. The average molecular weight is 308 g/mol. The molecular weight excluding hydrogens is 291 g/mol. The molecule has 0 spiro atoms. The summed E-state index contributed by atoms with van der Waals surface area (Å²) in [6.45, 7) is 3.33. The Hall–Kier alpha value is -1.92. The van der Waals surface area contributed by atoms with Gasteiger partial charge in [-0.2, -0.15) is 0 Å². The lowest BCUT2D eigenvalue weighted by Gasteiger charge is -2.16. The fraction of sp³-hybridized carbons (Fsp3) is 0.200. The number of benzene rings is 2. The molecule has 0 aliphatic carbocycles. The lowest BCUT2D eigenvalue weighted by molar-refractivity contribution is 0.550. The van der Waals surface area contributed by atoms with Gasteiger partial charge in [-0.15, -0.1) is 0 Å². The van der Waals surface area contributed by atoms with E-state index in [1.165, 1.54) is 24.3 Å². The number of nitrogens with one attached hydrogen (secondary N) is 1. The quantitative estimate of drug-likeness (QED) is 0.853. The molecule has 0 saturated carbocycles. The summed E-state index contributed by atoms with van der Waals surface area (Å²) >= 11 is 0. The van der Waals surface area contributed by atoms with Crippen molar-refractivity contribution in [2.24, 2.45) is 0 Å². The first-order valence-corrected chi connectivity index (χ1v) is 7.92. The number of sulfonamides is 1. The predicted octanol–water partition coefficient (Wildman–Crippen LogP) is 2.76. The molecular formula is C15H17FN2O2S. The van der Waals surface area contributed by atoms with Gasteiger partial charge in [0.1, 0.15) is 5.82 Å². The minimum absolute atomic E-state index is 0.109. The van der Waals surface area contributed by atoms with Crippen LogP contribution in [0.3, 0.4) is 0 Å². The van der Waals surface area contributed by atoms with E-state index in [2.05, 4.69) is 4.72 Å². The third kappa shape index (κ3) is 3.40. The molecule has 0 amide bonds. The van der Waals surface area contributed by atoms with Crippen molar-refractivity contribution in [2.45, 2.75) is 24.8 Å². The van der Waals surface area contributed by atoms with E-state index in [4.69, 9.17) is 5.73 Å². The van der Waals surface area contributed by atoms with Crippen molar-refractivity contribution in [1.82, 2.24) is 4.72 Å². The Morgan fingerprint density at radius 2 is 1.86 bits per heavy atom. The lowest BCUT2D eigenvalue weighted by atomic mass is 10.1. The third-order valence-electron chi connectivity index (χ3n) is 3.26. The van der Waals surface area contributed by atoms with Gasteiger partial charge in [0.2, 0.25) is 10.0 Å². The van der Waals surface area contributed by atoms with E-state index in [1.807, 2.05) is 0 Å². The molecule has 2 aromatic carbocycles. The molecule has 6 heteroatoms. The molecule has 0 aliphatic heterocycles. The van der Waals surface area contributed by atoms with Crippen molar-refractivity contribution in [3.05, 3.63) is 59.4 Å². The van der Waals surface area contributed by atoms with Crippen LogP contribution in [0, 0.1) is 12.7 Å². The number of halogens is 1. The maximum atomic E-state index is 13.7. The SMILES string of the molecule is Cc1cc(S(=O)(=O)NC(C)c2ccccc2F)ccc1N. The van der Waals surface area contributed by atoms with E-state index in [0.29, 0.717) is 16.8 Å². The van der Waals surface area contributed by atoms with E-state index in [9.17, 15) is 12.8 Å². The summed E-state index contributed by atoms with van der Waals surface area (Å²) in [7, 11) is -3.74.